The zero-order valence-corrected chi connectivity index (χ0v) is 18.9. The quantitative estimate of drug-likeness (QED) is 0.193. The van der Waals surface area contributed by atoms with E-state index in [9.17, 15) is 4.79 Å². The van der Waals surface area contributed by atoms with Gasteiger partial charge in [0.15, 0.2) is 0 Å². The summed E-state index contributed by atoms with van der Waals surface area (Å²) >= 11 is 5.67. The van der Waals surface area contributed by atoms with Crippen molar-refractivity contribution in [2.45, 2.75) is 58.7 Å². The van der Waals surface area contributed by atoms with E-state index in [1.54, 1.807) is 14.0 Å². The average molecular weight is 434 g/mol. The second-order valence-electron chi connectivity index (χ2n) is 7.32. The lowest BCUT2D eigenvalue weighted by molar-refractivity contribution is -0.140. The minimum absolute atomic E-state index is 0.141. The molecule has 1 aliphatic heterocycles. The Morgan fingerprint density at radius 1 is 1.33 bits per heavy atom. The molecule has 1 aromatic carbocycles. The molecule has 0 amide bonds. The molecule has 1 heterocycles. The van der Waals surface area contributed by atoms with Gasteiger partial charge in [-0.25, -0.2) is 4.79 Å². The molecule has 164 valence electrons. The van der Waals surface area contributed by atoms with Crippen molar-refractivity contribution in [2.24, 2.45) is 0 Å². The highest BCUT2D eigenvalue weighted by Crippen LogP contribution is 2.21. The van der Waals surface area contributed by atoms with Crippen molar-refractivity contribution in [2.75, 3.05) is 26.1 Å². The van der Waals surface area contributed by atoms with Gasteiger partial charge in [0, 0.05) is 42.3 Å². The predicted molar refractivity (Wildman–Crippen MR) is 120 cm³/mol. The molecule has 0 radical (unpaired) electrons. The third-order valence-corrected chi connectivity index (χ3v) is 5.32. The number of halogens is 1. The van der Waals surface area contributed by atoms with E-state index in [2.05, 4.69) is 17.2 Å². The first-order valence-corrected chi connectivity index (χ1v) is 11.0. The summed E-state index contributed by atoms with van der Waals surface area (Å²) in [5.74, 6) is 7.26. The van der Waals surface area contributed by atoms with E-state index in [1.165, 1.54) is 0 Å². The maximum Gasteiger partial charge on any atom is 0.335 e. The molecule has 2 rings (SSSR count). The van der Waals surface area contributed by atoms with Crippen LogP contribution in [0.3, 0.4) is 0 Å². The van der Waals surface area contributed by atoms with Crippen molar-refractivity contribution >= 4 is 17.6 Å². The molecule has 0 aromatic heterocycles. The summed E-state index contributed by atoms with van der Waals surface area (Å²) in [5.41, 5.74) is 3.04. The van der Waals surface area contributed by atoms with Gasteiger partial charge in [-0.05, 0) is 51.7 Å². The van der Waals surface area contributed by atoms with E-state index in [0.29, 0.717) is 23.7 Å². The number of hydrogen-bond donors (Lipinski definition) is 1. The second-order valence-corrected chi connectivity index (χ2v) is 7.69. The Kier molecular flexibility index (Phi) is 10.6. The summed E-state index contributed by atoms with van der Waals surface area (Å²) in [6.45, 7) is 5.31. The van der Waals surface area contributed by atoms with Gasteiger partial charge in [0.1, 0.15) is 12.4 Å². The van der Waals surface area contributed by atoms with E-state index in [0.717, 1.165) is 55.5 Å². The highest BCUT2D eigenvalue weighted by atomic mass is 35.5. The Morgan fingerprint density at radius 3 is 2.87 bits per heavy atom. The van der Waals surface area contributed by atoms with Gasteiger partial charge in [-0.2, -0.15) is 0 Å². The van der Waals surface area contributed by atoms with E-state index >= 15 is 0 Å². The van der Waals surface area contributed by atoms with Crippen LogP contribution >= 0.6 is 11.6 Å². The molecule has 30 heavy (non-hydrogen) atoms. The normalized spacial score (nSPS) is 16.3. The highest BCUT2D eigenvalue weighted by Gasteiger charge is 2.16. The third kappa shape index (κ3) is 7.93. The van der Waals surface area contributed by atoms with Crippen molar-refractivity contribution < 1.29 is 19.0 Å². The number of carbonyl (C=O) groups is 1. The summed E-state index contributed by atoms with van der Waals surface area (Å²) in [7, 11) is 1.60. The number of methoxy groups -OCH3 is 1. The van der Waals surface area contributed by atoms with E-state index in [1.807, 2.05) is 25.1 Å². The van der Waals surface area contributed by atoms with Crippen LogP contribution in [0.25, 0.3) is 0 Å². The van der Waals surface area contributed by atoms with Gasteiger partial charge >= 0.3 is 5.97 Å². The zero-order chi connectivity index (χ0) is 21.8. The molecule has 0 spiro atoms. The van der Waals surface area contributed by atoms with Crippen LogP contribution in [0.1, 0.15) is 57.1 Å². The highest BCUT2D eigenvalue weighted by molar-refractivity contribution is 6.17. The van der Waals surface area contributed by atoms with E-state index in [4.69, 9.17) is 25.8 Å². The lowest BCUT2D eigenvalue weighted by Crippen LogP contribution is -2.26. The first-order valence-electron chi connectivity index (χ1n) is 10.5. The fourth-order valence-corrected chi connectivity index (χ4v) is 3.21. The van der Waals surface area contributed by atoms with Crippen LogP contribution in [0.2, 0.25) is 0 Å². The summed E-state index contributed by atoms with van der Waals surface area (Å²) in [6.07, 6.45) is 5.15. The van der Waals surface area contributed by atoms with Crippen LogP contribution in [0.15, 0.2) is 29.5 Å². The smallest absolute Gasteiger partial charge is 0.335 e. The lowest BCUT2D eigenvalue weighted by Gasteiger charge is -2.15. The van der Waals surface area contributed by atoms with Gasteiger partial charge in [0.2, 0.25) is 0 Å². The second kappa shape index (κ2) is 13.2. The maximum atomic E-state index is 12.4. The van der Waals surface area contributed by atoms with Crippen LogP contribution in [-0.4, -0.2) is 38.2 Å². The van der Waals surface area contributed by atoms with Gasteiger partial charge in [0.05, 0.1) is 18.8 Å². The van der Waals surface area contributed by atoms with Crippen molar-refractivity contribution in [3.05, 3.63) is 40.6 Å². The number of nitrogens with one attached hydrogen (secondary N) is 1. The molecule has 1 aromatic rings. The van der Waals surface area contributed by atoms with Gasteiger partial charge in [0.25, 0.3) is 0 Å². The van der Waals surface area contributed by atoms with Crippen LogP contribution in [0, 0.1) is 11.8 Å². The molecule has 1 atom stereocenters. The molecule has 1 fully saturated rings. The first-order chi connectivity index (χ1) is 14.5. The minimum Gasteiger partial charge on any atom is -0.496 e. The van der Waals surface area contributed by atoms with Crippen LogP contribution in [0.4, 0.5) is 0 Å². The molecule has 5 nitrogen and oxygen atoms in total. The molecule has 6 heteroatoms. The Bertz CT molecular complexity index is 788. The van der Waals surface area contributed by atoms with Crippen molar-refractivity contribution in [3.63, 3.8) is 0 Å². The number of unbranched alkanes of at least 4 members (excludes halogenated alkanes) is 2. The minimum atomic E-state index is -0.349. The molecule has 1 N–H and O–H groups in total. The summed E-state index contributed by atoms with van der Waals surface area (Å²) in [4.78, 5) is 12.4. The standard InChI is InChI=1S/C24H32ClNO4/c1-18(19(2)26-16-22-10-8-14-29-22)24(27)30-17-21-12-11-20(15-23(21)28-3)9-6-4-5-7-13-25/h11-12,15,22,26H,4-5,7-8,10,13-14,16-17H2,1-3H3/b19-18+. The average Bonchev–Trinajstić information content (AvgIpc) is 3.29. The Labute approximate surface area is 185 Å². The van der Waals surface area contributed by atoms with Crippen molar-refractivity contribution in [1.82, 2.24) is 5.32 Å². The molecule has 0 bridgehead atoms. The van der Waals surface area contributed by atoms with Gasteiger partial charge in [-0.1, -0.05) is 17.9 Å². The molecule has 0 aliphatic carbocycles. The number of hydrogen-bond acceptors (Lipinski definition) is 5. The number of rotatable bonds is 10. The zero-order valence-electron chi connectivity index (χ0n) is 18.2. The number of ether oxygens (including phenoxy) is 3. The van der Waals surface area contributed by atoms with E-state index < -0.39 is 0 Å². The number of alkyl halides is 1. The fourth-order valence-electron chi connectivity index (χ4n) is 3.02. The first kappa shape index (κ1) is 24.1. The van der Waals surface area contributed by atoms with Crippen LogP contribution < -0.4 is 10.1 Å². The molecule has 1 aliphatic rings. The third-order valence-electron chi connectivity index (χ3n) is 5.05. The van der Waals surface area contributed by atoms with Gasteiger partial charge < -0.3 is 19.5 Å². The fraction of sp³-hybridized carbons (Fsp3) is 0.542. The Morgan fingerprint density at radius 2 is 2.17 bits per heavy atom. The number of benzene rings is 1. The largest absolute Gasteiger partial charge is 0.496 e. The predicted octanol–water partition coefficient (Wildman–Crippen LogP) is 4.56. The summed E-state index contributed by atoms with van der Waals surface area (Å²) in [5, 5.41) is 3.27. The monoisotopic (exact) mass is 433 g/mol. The Balaban J connectivity index is 1.89. The SMILES string of the molecule is COc1cc(C#CCCCCCl)ccc1COC(=O)/C(C)=C(\C)NCC1CCCO1. The lowest BCUT2D eigenvalue weighted by atomic mass is 10.1. The molecule has 0 saturated carbocycles. The number of esters is 1. The topological polar surface area (TPSA) is 56.8 Å². The molecule has 1 unspecified atom stereocenters. The maximum absolute atomic E-state index is 12.4. The summed E-state index contributed by atoms with van der Waals surface area (Å²) < 4.78 is 16.5. The van der Waals surface area contributed by atoms with E-state index in [-0.39, 0.29) is 18.7 Å². The van der Waals surface area contributed by atoms with Crippen molar-refractivity contribution in [1.29, 1.82) is 0 Å². The molecule has 1 saturated heterocycles. The number of carbonyl (C=O) groups excluding carboxylic acids is 1. The van der Waals surface area contributed by atoms with Crippen molar-refractivity contribution in [3.8, 4) is 17.6 Å². The van der Waals surface area contributed by atoms with Gasteiger partial charge in [-0.3, -0.25) is 0 Å². The number of allylic oxidation sites excluding steroid dienone is 1. The van der Waals surface area contributed by atoms with Crippen LogP contribution in [0.5, 0.6) is 5.75 Å². The summed E-state index contributed by atoms with van der Waals surface area (Å²) in [6, 6.07) is 5.67. The van der Waals surface area contributed by atoms with Gasteiger partial charge in [-0.15, -0.1) is 11.6 Å². The molecular formula is C24H32ClNO4. The van der Waals surface area contributed by atoms with Crippen LogP contribution in [-0.2, 0) is 20.9 Å². The molecular weight excluding hydrogens is 402 g/mol. The Hall–Kier alpha value is -2.16.